The van der Waals surface area contributed by atoms with Crippen molar-refractivity contribution in [2.75, 3.05) is 14.2 Å². The Labute approximate surface area is 123 Å². The van der Waals surface area contributed by atoms with Crippen LogP contribution in [-0.4, -0.2) is 20.2 Å². The van der Waals surface area contributed by atoms with E-state index in [9.17, 15) is 4.79 Å². The van der Waals surface area contributed by atoms with Crippen LogP contribution in [0.4, 0.5) is 0 Å². The van der Waals surface area contributed by atoms with Crippen molar-refractivity contribution in [1.82, 2.24) is 0 Å². The molecule has 21 heavy (non-hydrogen) atoms. The van der Waals surface area contributed by atoms with Gasteiger partial charge in [-0.1, -0.05) is 12.1 Å². The van der Waals surface area contributed by atoms with Crippen LogP contribution in [0, 0.1) is 0 Å². The van der Waals surface area contributed by atoms with E-state index in [1.54, 1.807) is 26.4 Å². The van der Waals surface area contributed by atoms with E-state index in [1.807, 2.05) is 30.3 Å². The molecule has 0 saturated carbocycles. The molecule has 0 aliphatic carbocycles. The van der Waals surface area contributed by atoms with Crippen LogP contribution in [-0.2, 0) is 11.2 Å². The molecule has 2 aromatic rings. The molecule has 1 aliphatic heterocycles. The Morgan fingerprint density at radius 1 is 1.00 bits per heavy atom. The van der Waals surface area contributed by atoms with Gasteiger partial charge in [0.1, 0.15) is 17.6 Å². The third-order valence-corrected chi connectivity index (χ3v) is 3.67. The number of ether oxygens (including phenoxy) is 3. The number of benzene rings is 2. The van der Waals surface area contributed by atoms with Gasteiger partial charge in [-0.05, 0) is 41.5 Å². The predicted molar refractivity (Wildman–Crippen MR) is 77.8 cm³/mol. The second kappa shape index (κ2) is 5.48. The van der Waals surface area contributed by atoms with Crippen LogP contribution in [0.25, 0.3) is 0 Å². The van der Waals surface area contributed by atoms with Gasteiger partial charge >= 0.3 is 5.97 Å². The Hall–Kier alpha value is -2.49. The first-order valence-electron chi connectivity index (χ1n) is 6.73. The molecule has 1 atom stereocenters. The molecule has 1 unspecified atom stereocenters. The summed E-state index contributed by atoms with van der Waals surface area (Å²) in [6.07, 6.45) is 0.368. The van der Waals surface area contributed by atoms with Crippen LogP contribution in [0.5, 0.6) is 11.5 Å². The monoisotopic (exact) mass is 284 g/mol. The summed E-state index contributed by atoms with van der Waals surface area (Å²) in [6, 6.07) is 13.0. The van der Waals surface area contributed by atoms with Crippen molar-refractivity contribution in [2.45, 2.75) is 12.5 Å². The molecular formula is C17H16O4. The molecule has 0 saturated heterocycles. The van der Waals surface area contributed by atoms with Crippen LogP contribution in [0.1, 0.15) is 27.6 Å². The third kappa shape index (κ3) is 2.57. The van der Waals surface area contributed by atoms with Crippen molar-refractivity contribution in [3.63, 3.8) is 0 Å². The fourth-order valence-electron chi connectivity index (χ4n) is 2.50. The number of hydrogen-bond acceptors (Lipinski definition) is 4. The van der Waals surface area contributed by atoms with Gasteiger partial charge in [0.25, 0.3) is 0 Å². The molecule has 0 amide bonds. The minimum atomic E-state index is -0.292. The van der Waals surface area contributed by atoms with Crippen molar-refractivity contribution in [3.8, 4) is 11.5 Å². The minimum absolute atomic E-state index is 0.275. The fourth-order valence-corrected chi connectivity index (χ4v) is 2.50. The van der Waals surface area contributed by atoms with Gasteiger partial charge in [-0.15, -0.1) is 0 Å². The number of hydrogen-bond donors (Lipinski definition) is 0. The number of methoxy groups -OCH3 is 2. The number of esters is 1. The molecule has 4 nitrogen and oxygen atoms in total. The Morgan fingerprint density at radius 3 is 2.33 bits per heavy atom. The highest BCUT2D eigenvalue weighted by Crippen LogP contribution is 2.33. The van der Waals surface area contributed by atoms with E-state index < -0.39 is 0 Å². The highest BCUT2D eigenvalue weighted by atomic mass is 16.5. The lowest BCUT2D eigenvalue weighted by Crippen LogP contribution is -2.21. The molecule has 4 heteroatoms. The summed E-state index contributed by atoms with van der Waals surface area (Å²) in [5.41, 5.74) is 2.52. The lowest BCUT2D eigenvalue weighted by atomic mass is 9.94. The summed E-state index contributed by atoms with van der Waals surface area (Å²) in [7, 11) is 3.24. The van der Waals surface area contributed by atoms with E-state index >= 15 is 0 Å². The van der Waals surface area contributed by atoms with Gasteiger partial charge in [0.05, 0.1) is 19.8 Å². The normalized spacial score (nSPS) is 16.9. The number of carbonyl (C=O) groups is 1. The molecule has 1 heterocycles. The molecule has 2 aromatic carbocycles. The molecule has 0 bridgehead atoms. The van der Waals surface area contributed by atoms with Gasteiger partial charge in [0.15, 0.2) is 0 Å². The van der Waals surface area contributed by atoms with Gasteiger partial charge in [0.2, 0.25) is 0 Å². The van der Waals surface area contributed by atoms with E-state index in [4.69, 9.17) is 14.2 Å². The van der Waals surface area contributed by atoms with Gasteiger partial charge in [-0.25, -0.2) is 4.79 Å². The number of carbonyl (C=O) groups excluding carboxylic acids is 1. The maximum absolute atomic E-state index is 12.1. The zero-order valence-corrected chi connectivity index (χ0v) is 12.0. The van der Waals surface area contributed by atoms with Crippen LogP contribution in [0.3, 0.4) is 0 Å². The highest BCUT2D eigenvalue weighted by molar-refractivity contribution is 5.92. The topological polar surface area (TPSA) is 44.8 Å². The first kappa shape index (κ1) is 13.5. The Balaban J connectivity index is 1.90. The zero-order valence-electron chi connectivity index (χ0n) is 12.0. The molecule has 0 fully saturated rings. The van der Waals surface area contributed by atoms with Crippen molar-refractivity contribution >= 4 is 5.97 Å². The first-order chi connectivity index (χ1) is 10.2. The fraction of sp³-hybridized carbons (Fsp3) is 0.235. The van der Waals surface area contributed by atoms with E-state index in [0.29, 0.717) is 12.0 Å². The summed E-state index contributed by atoms with van der Waals surface area (Å²) >= 11 is 0. The van der Waals surface area contributed by atoms with Crippen molar-refractivity contribution in [3.05, 3.63) is 59.2 Å². The molecule has 1 aliphatic rings. The van der Waals surface area contributed by atoms with Crippen LogP contribution in [0.15, 0.2) is 42.5 Å². The van der Waals surface area contributed by atoms with Gasteiger partial charge < -0.3 is 14.2 Å². The van der Waals surface area contributed by atoms with E-state index in [-0.39, 0.29) is 12.1 Å². The number of fused-ring (bicyclic) bond motifs is 1. The molecular weight excluding hydrogens is 268 g/mol. The van der Waals surface area contributed by atoms with Gasteiger partial charge in [-0.3, -0.25) is 0 Å². The molecule has 108 valence electrons. The number of cyclic esters (lactones) is 1. The molecule has 0 aromatic heterocycles. The maximum Gasteiger partial charge on any atom is 0.339 e. The third-order valence-electron chi connectivity index (χ3n) is 3.67. The lowest BCUT2D eigenvalue weighted by molar-refractivity contribution is 0.0252. The maximum atomic E-state index is 12.1. The first-order valence-corrected chi connectivity index (χ1v) is 6.73. The second-order valence-electron chi connectivity index (χ2n) is 4.89. The predicted octanol–water partition coefficient (Wildman–Crippen LogP) is 3.16. The molecule has 3 rings (SSSR count). The average Bonchev–Trinajstić information content (AvgIpc) is 2.54. The number of rotatable bonds is 3. The average molecular weight is 284 g/mol. The van der Waals surface area contributed by atoms with Crippen molar-refractivity contribution in [2.24, 2.45) is 0 Å². The van der Waals surface area contributed by atoms with E-state index in [0.717, 1.165) is 22.6 Å². The summed E-state index contributed by atoms with van der Waals surface area (Å²) in [5.74, 6) is 1.24. The largest absolute Gasteiger partial charge is 0.497 e. The SMILES string of the molecule is COc1ccc(C2Cc3cc(OC)ccc3C(=O)O2)cc1. The summed E-state index contributed by atoms with van der Waals surface area (Å²) in [6.45, 7) is 0. The summed E-state index contributed by atoms with van der Waals surface area (Å²) < 4.78 is 15.9. The molecule has 0 radical (unpaired) electrons. The van der Waals surface area contributed by atoms with Crippen LogP contribution in [0.2, 0.25) is 0 Å². The van der Waals surface area contributed by atoms with Gasteiger partial charge in [0, 0.05) is 6.42 Å². The zero-order chi connectivity index (χ0) is 14.8. The summed E-state index contributed by atoms with van der Waals surface area (Å²) in [4.78, 5) is 12.1. The van der Waals surface area contributed by atoms with Gasteiger partial charge in [-0.2, -0.15) is 0 Å². The smallest absolute Gasteiger partial charge is 0.339 e. The quantitative estimate of drug-likeness (QED) is 0.812. The van der Waals surface area contributed by atoms with Crippen LogP contribution < -0.4 is 9.47 Å². The Kier molecular flexibility index (Phi) is 3.52. The van der Waals surface area contributed by atoms with E-state index in [1.165, 1.54) is 0 Å². The van der Waals surface area contributed by atoms with Crippen molar-refractivity contribution in [1.29, 1.82) is 0 Å². The highest BCUT2D eigenvalue weighted by Gasteiger charge is 2.27. The standard InChI is InChI=1S/C17H16O4/c1-19-13-5-3-11(4-6-13)16-10-12-9-14(20-2)7-8-15(12)17(18)21-16/h3-9,16H,10H2,1-2H3. The van der Waals surface area contributed by atoms with E-state index in [2.05, 4.69) is 0 Å². The molecule has 0 N–H and O–H groups in total. The Bertz CT molecular complexity index is 661. The molecule has 0 spiro atoms. The van der Waals surface area contributed by atoms with Crippen LogP contribution >= 0.6 is 0 Å². The summed E-state index contributed by atoms with van der Waals surface area (Å²) in [5, 5.41) is 0. The minimum Gasteiger partial charge on any atom is -0.497 e. The lowest BCUT2D eigenvalue weighted by Gasteiger charge is -2.25. The second-order valence-corrected chi connectivity index (χ2v) is 4.89. The Morgan fingerprint density at radius 2 is 1.67 bits per heavy atom. The van der Waals surface area contributed by atoms with Crippen molar-refractivity contribution < 1.29 is 19.0 Å².